The molecule has 0 radical (unpaired) electrons. The van der Waals surface area contributed by atoms with Crippen LogP contribution in [0.3, 0.4) is 0 Å². The van der Waals surface area contributed by atoms with E-state index in [0.29, 0.717) is 19.6 Å². The van der Waals surface area contributed by atoms with Crippen molar-refractivity contribution in [2.24, 2.45) is 5.92 Å². The van der Waals surface area contributed by atoms with Crippen LogP contribution in [0.4, 0.5) is 5.69 Å². The molecule has 0 aromatic carbocycles. The first-order valence-corrected chi connectivity index (χ1v) is 6.61. The molecule has 2 atom stereocenters. The lowest BCUT2D eigenvalue weighted by molar-refractivity contribution is -0.386. The minimum atomic E-state index is -0.637. The summed E-state index contributed by atoms with van der Waals surface area (Å²) in [6.07, 6.45) is 0.932. The number of likely N-dealkylation sites (tertiary alicyclic amines) is 1. The van der Waals surface area contributed by atoms with E-state index in [1.807, 2.05) is 0 Å². The van der Waals surface area contributed by atoms with Crippen molar-refractivity contribution in [2.75, 3.05) is 13.1 Å². The molecule has 1 fully saturated rings. The van der Waals surface area contributed by atoms with Gasteiger partial charge in [-0.25, -0.2) is 0 Å². The first kappa shape index (κ1) is 12.8. The molecular weight excluding hydrogens is 262 g/mol. The molecule has 20 heavy (non-hydrogen) atoms. The van der Waals surface area contributed by atoms with E-state index in [2.05, 4.69) is 0 Å². The van der Waals surface area contributed by atoms with E-state index in [-0.39, 0.29) is 23.4 Å². The molecule has 0 N–H and O–H groups in total. The van der Waals surface area contributed by atoms with Gasteiger partial charge in [-0.2, -0.15) is 0 Å². The summed E-state index contributed by atoms with van der Waals surface area (Å²) in [6.45, 7) is 3.21. The van der Waals surface area contributed by atoms with E-state index in [1.165, 1.54) is 10.6 Å². The van der Waals surface area contributed by atoms with E-state index in [0.717, 1.165) is 12.1 Å². The highest BCUT2D eigenvalue weighted by Gasteiger charge is 2.36. The maximum absolute atomic E-state index is 12.1. The van der Waals surface area contributed by atoms with Crippen molar-refractivity contribution < 1.29 is 9.72 Å². The van der Waals surface area contributed by atoms with Gasteiger partial charge >= 0.3 is 11.2 Å². The number of rotatable bonds is 1. The molecule has 3 heterocycles. The molecule has 0 saturated carbocycles. The number of amides is 1. The van der Waals surface area contributed by atoms with Gasteiger partial charge in [0, 0.05) is 44.2 Å². The van der Waals surface area contributed by atoms with Crippen molar-refractivity contribution in [3.63, 3.8) is 0 Å². The van der Waals surface area contributed by atoms with Crippen LogP contribution in [0.5, 0.6) is 0 Å². The molecule has 0 unspecified atom stereocenters. The van der Waals surface area contributed by atoms with Gasteiger partial charge in [-0.3, -0.25) is 19.7 Å². The minimum Gasteiger partial charge on any atom is -0.342 e. The second-order valence-corrected chi connectivity index (χ2v) is 5.54. The van der Waals surface area contributed by atoms with E-state index in [1.54, 1.807) is 17.9 Å². The van der Waals surface area contributed by atoms with Crippen LogP contribution in [0.1, 0.15) is 25.0 Å². The van der Waals surface area contributed by atoms with Crippen molar-refractivity contribution in [1.82, 2.24) is 9.47 Å². The van der Waals surface area contributed by atoms with Crippen LogP contribution in [0.15, 0.2) is 16.9 Å². The minimum absolute atomic E-state index is 0.0393. The van der Waals surface area contributed by atoms with Gasteiger partial charge < -0.3 is 9.47 Å². The van der Waals surface area contributed by atoms with Crippen molar-refractivity contribution in [2.45, 2.75) is 25.8 Å². The Labute approximate surface area is 115 Å². The monoisotopic (exact) mass is 277 g/mol. The van der Waals surface area contributed by atoms with E-state index < -0.39 is 10.5 Å². The smallest absolute Gasteiger partial charge is 0.334 e. The normalized spacial score (nSPS) is 24.1. The molecule has 1 amide bonds. The number of carbonyl (C=O) groups is 1. The Morgan fingerprint density at radius 3 is 2.75 bits per heavy atom. The highest BCUT2D eigenvalue weighted by molar-refractivity contribution is 5.73. The molecule has 1 aromatic rings. The number of aromatic nitrogens is 1. The van der Waals surface area contributed by atoms with Crippen molar-refractivity contribution in [3.8, 4) is 0 Å². The zero-order valence-electron chi connectivity index (χ0n) is 11.1. The second-order valence-electron chi connectivity index (χ2n) is 5.54. The number of pyridine rings is 1. The number of nitrogens with zero attached hydrogens (tertiary/aromatic N) is 3. The molecular formula is C13H15N3O4. The summed E-state index contributed by atoms with van der Waals surface area (Å²) in [5.41, 5.74) is -0.0987. The van der Waals surface area contributed by atoms with Gasteiger partial charge in [0.1, 0.15) is 0 Å². The number of piperidine rings is 1. The standard InChI is InChI=1S/C13H15N3O4/c1-8(17)14-5-9-4-10(7-14)11-2-3-12(16(19)20)13(18)15(11)6-9/h2-3,9-10H,4-7H2,1H3/t9-,10-/m0/s1. The number of carbonyl (C=O) groups excluding carboxylic acids is 1. The highest BCUT2D eigenvalue weighted by Crippen LogP contribution is 2.35. The largest absolute Gasteiger partial charge is 0.342 e. The summed E-state index contributed by atoms with van der Waals surface area (Å²) in [4.78, 5) is 35.7. The maximum atomic E-state index is 12.1. The Hall–Kier alpha value is -2.18. The first-order chi connectivity index (χ1) is 9.47. The topological polar surface area (TPSA) is 85.5 Å². The Bertz CT molecular complexity index is 652. The van der Waals surface area contributed by atoms with Gasteiger partial charge in [-0.05, 0) is 18.4 Å². The molecule has 7 heteroatoms. The van der Waals surface area contributed by atoms with Crippen LogP contribution in [0, 0.1) is 16.0 Å². The third-order valence-electron chi connectivity index (χ3n) is 4.23. The Balaban J connectivity index is 2.04. The molecule has 106 valence electrons. The average Bonchev–Trinajstić information content (AvgIpc) is 2.39. The molecule has 2 aliphatic heterocycles. The second kappa shape index (κ2) is 4.43. The highest BCUT2D eigenvalue weighted by atomic mass is 16.6. The predicted molar refractivity (Wildman–Crippen MR) is 70.5 cm³/mol. The van der Waals surface area contributed by atoms with Gasteiger partial charge in [0.05, 0.1) is 4.92 Å². The summed E-state index contributed by atoms with van der Waals surface area (Å²) in [7, 11) is 0. The van der Waals surface area contributed by atoms with Gasteiger partial charge in [0.15, 0.2) is 0 Å². The molecule has 2 aliphatic rings. The predicted octanol–water partition coefficient (Wildman–Crippen LogP) is 0.722. The Morgan fingerprint density at radius 2 is 2.10 bits per heavy atom. The molecule has 2 bridgehead atoms. The van der Waals surface area contributed by atoms with Crippen molar-refractivity contribution >= 4 is 11.6 Å². The van der Waals surface area contributed by atoms with Crippen LogP contribution in [-0.2, 0) is 11.3 Å². The summed E-state index contributed by atoms with van der Waals surface area (Å²) >= 11 is 0. The van der Waals surface area contributed by atoms with Crippen molar-refractivity contribution in [1.29, 1.82) is 0 Å². The van der Waals surface area contributed by atoms with Crippen LogP contribution in [-0.4, -0.2) is 33.4 Å². The van der Waals surface area contributed by atoms with E-state index in [4.69, 9.17) is 0 Å². The van der Waals surface area contributed by atoms with Crippen molar-refractivity contribution in [3.05, 3.63) is 38.3 Å². The molecule has 1 saturated heterocycles. The number of nitro groups is 1. The molecule has 7 nitrogen and oxygen atoms in total. The zero-order chi connectivity index (χ0) is 14.4. The van der Waals surface area contributed by atoms with Crippen LogP contribution >= 0.6 is 0 Å². The lowest BCUT2D eigenvalue weighted by Gasteiger charge is -2.42. The lowest BCUT2D eigenvalue weighted by Crippen LogP contribution is -2.48. The fourth-order valence-corrected chi connectivity index (χ4v) is 3.33. The zero-order valence-corrected chi connectivity index (χ0v) is 11.1. The lowest BCUT2D eigenvalue weighted by atomic mass is 9.83. The summed E-state index contributed by atoms with van der Waals surface area (Å²) < 4.78 is 1.52. The Morgan fingerprint density at radius 1 is 1.35 bits per heavy atom. The molecule has 0 spiro atoms. The van der Waals surface area contributed by atoms with E-state index in [9.17, 15) is 19.7 Å². The van der Waals surface area contributed by atoms with Gasteiger partial charge in [0.25, 0.3) is 0 Å². The molecule has 1 aromatic heterocycles. The molecule has 3 rings (SSSR count). The van der Waals surface area contributed by atoms with Crippen LogP contribution in [0.25, 0.3) is 0 Å². The fraction of sp³-hybridized carbons (Fsp3) is 0.538. The summed E-state index contributed by atoms with van der Waals surface area (Å²) in [5.74, 6) is 0.335. The van der Waals surface area contributed by atoms with Gasteiger partial charge in [-0.15, -0.1) is 0 Å². The Kier molecular flexibility index (Phi) is 2.84. The first-order valence-electron chi connectivity index (χ1n) is 6.61. The number of fused-ring (bicyclic) bond motifs is 4. The third-order valence-corrected chi connectivity index (χ3v) is 4.23. The quantitative estimate of drug-likeness (QED) is 0.559. The van der Waals surface area contributed by atoms with Gasteiger partial charge in [-0.1, -0.05) is 0 Å². The summed E-state index contributed by atoms with van der Waals surface area (Å²) in [5, 5.41) is 10.8. The van der Waals surface area contributed by atoms with Crippen LogP contribution in [0.2, 0.25) is 0 Å². The van der Waals surface area contributed by atoms with E-state index >= 15 is 0 Å². The number of hydrogen-bond donors (Lipinski definition) is 0. The average molecular weight is 277 g/mol. The summed E-state index contributed by atoms with van der Waals surface area (Å²) in [6, 6.07) is 2.94. The maximum Gasteiger partial charge on any atom is 0.334 e. The van der Waals surface area contributed by atoms with Crippen LogP contribution < -0.4 is 5.56 Å². The SMILES string of the molecule is CC(=O)N1C[C@@H]2C[C@@H](C1)c1ccc([N+](=O)[O-])c(=O)n1C2. The molecule has 0 aliphatic carbocycles. The van der Waals surface area contributed by atoms with Gasteiger partial charge in [0.2, 0.25) is 5.91 Å². The number of hydrogen-bond acceptors (Lipinski definition) is 4. The third kappa shape index (κ3) is 1.90. The fourth-order valence-electron chi connectivity index (χ4n) is 3.33.